The molecule has 1 atom stereocenters. The molecular weight excluding hydrogens is 286 g/mol. The molecule has 0 aromatic heterocycles. The van der Waals surface area contributed by atoms with Gasteiger partial charge in [-0.15, -0.1) is 0 Å². The predicted octanol–water partition coefficient (Wildman–Crippen LogP) is 4.29. The van der Waals surface area contributed by atoms with Crippen molar-refractivity contribution in [2.45, 2.75) is 28.7 Å². The zero-order chi connectivity index (χ0) is 13.2. The number of nitrogens with one attached hydrogen (secondary N) is 1. The zero-order valence-electron chi connectivity index (χ0n) is 10.2. The lowest BCUT2D eigenvalue weighted by atomic mass is 10.3. The molecule has 0 bridgehead atoms. The highest BCUT2D eigenvalue weighted by Gasteiger charge is 2.35. The number of para-hydroxylation sites is 1. The average molecular weight is 300 g/mol. The van der Waals surface area contributed by atoms with Crippen LogP contribution in [0.5, 0.6) is 0 Å². The molecule has 1 saturated carbocycles. The van der Waals surface area contributed by atoms with Crippen LogP contribution in [0.25, 0.3) is 0 Å². The van der Waals surface area contributed by atoms with Crippen LogP contribution < -0.4 is 5.32 Å². The van der Waals surface area contributed by atoms with Crippen molar-refractivity contribution < 1.29 is 8.78 Å². The van der Waals surface area contributed by atoms with Crippen LogP contribution in [-0.4, -0.2) is 22.7 Å². The first-order valence-electron chi connectivity index (χ1n) is 6.24. The Hall–Kier alpha value is -0.750. The first kappa shape index (κ1) is 13.2. The molecule has 19 heavy (non-hydrogen) atoms. The van der Waals surface area contributed by atoms with E-state index in [9.17, 15) is 8.78 Å². The Morgan fingerprint density at radius 1 is 1.32 bits per heavy atom. The zero-order valence-corrected chi connectivity index (χ0v) is 11.8. The number of alkyl halides is 2. The summed E-state index contributed by atoms with van der Waals surface area (Å²) < 4.78 is 25.0. The van der Waals surface area contributed by atoms with Crippen molar-refractivity contribution in [2.75, 3.05) is 11.9 Å². The van der Waals surface area contributed by atoms with Crippen LogP contribution in [0, 0.1) is 5.92 Å². The maximum Gasteiger partial charge on any atom is 0.288 e. The van der Waals surface area contributed by atoms with Gasteiger partial charge in [-0.05, 0) is 30.9 Å². The summed E-state index contributed by atoms with van der Waals surface area (Å²) in [5.41, 5.74) is 0.718. The van der Waals surface area contributed by atoms with E-state index < -0.39 is 5.76 Å². The van der Waals surface area contributed by atoms with Crippen LogP contribution in [-0.2, 0) is 0 Å². The van der Waals surface area contributed by atoms with Crippen LogP contribution >= 0.6 is 23.5 Å². The Morgan fingerprint density at radius 3 is 2.84 bits per heavy atom. The van der Waals surface area contributed by atoms with Gasteiger partial charge in [-0.2, -0.15) is 8.78 Å². The molecule has 0 spiro atoms. The first-order valence-corrected chi connectivity index (χ1v) is 8.00. The Labute approximate surface area is 119 Å². The molecule has 1 fully saturated rings. The van der Waals surface area contributed by atoms with Crippen molar-refractivity contribution in [1.82, 2.24) is 0 Å². The van der Waals surface area contributed by atoms with Gasteiger partial charge < -0.3 is 5.32 Å². The Balaban J connectivity index is 1.66. The molecule has 102 valence electrons. The average Bonchev–Trinajstić information content (AvgIpc) is 3.12. The van der Waals surface area contributed by atoms with Gasteiger partial charge in [-0.1, -0.05) is 35.7 Å². The van der Waals surface area contributed by atoms with Gasteiger partial charge in [0.05, 0.1) is 12.2 Å². The van der Waals surface area contributed by atoms with Crippen molar-refractivity contribution in [2.24, 2.45) is 10.9 Å². The van der Waals surface area contributed by atoms with E-state index in [-0.39, 0.29) is 0 Å². The number of halogens is 2. The number of thioether (sulfide) groups is 2. The van der Waals surface area contributed by atoms with Crippen LogP contribution in [0.1, 0.15) is 12.8 Å². The summed E-state index contributed by atoms with van der Waals surface area (Å²) in [5, 5.41) is 4.63. The molecule has 3 rings (SSSR count). The topological polar surface area (TPSA) is 24.4 Å². The lowest BCUT2D eigenvalue weighted by Gasteiger charge is -2.11. The van der Waals surface area contributed by atoms with Crippen LogP contribution in [0.3, 0.4) is 0 Å². The van der Waals surface area contributed by atoms with Crippen LogP contribution in [0.15, 0.2) is 34.2 Å². The lowest BCUT2D eigenvalue weighted by Crippen LogP contribution is -2.09. The van der Waals surface area contributed by atoms with E-state index in [1.807, 2.05) is 12.1 Å². The third-order valence-corrected chi connectivity index (χ3v) is 5.25. The molecule has 1 heterocycles. The summed E-state index contributed by atoms with van der Waals surface area (Å²) in [5.74, 6) is -1.60. The third-order valence-electron chi connectivity index (χ3n) is 3.17. The van der Waals surface area contributed by atoms with E-state index in [4.69, 9.17) is 0 Å². The summed E-state index contributed by atoms with van der Waals surface area (Å²) >= 11 is 2.31. The van der Waals surface area contributed by atoms with Gasteiger partial charge in [0.1, 0.15) is 0 Å². The minimum atomic E-state index is -2.40. The highest BCUT2D eigenvalue weighted by atomic mass is 32.2. The smallest absolute Gasteiger partial charge is 0.288 e. The van der Waals surface area contributed by atoms with Crippen molar-refractivity contribution in [3.05, 3.63) is 24.3 Å². The van der Waals surface area contributed by atoms with Crippen molar-refractivity contribution in [3.8, 4) is 0 Å². The minimum absolute atomic E-state index is 0.565. The largest absolute Gasteiger partial charge is 0.334 e. The molecule has 1 unspecified atom stereocenters. The molecule has 0 saturated heterocycles. The summed E-state index contributed by atoms with van der Waals surface area (Å²) in [6.45, 7) is 0.849. The predicted molar refractivity (Wildman–Crippen MR) is 78.3 cm³/mol. The van der Waals surface area contributed by atoms with Gasteiger partial charge in [0, 0.05) is 10.1 Å². The van der Waals surface area contributed by atoms with E-state index in [0.717, 1.165) is 23.3 Å². The van der Waals surface area contributed by atoms with E-state index in [2.05, 4.69) is 10.3 Å². The van der Waals surface area contributed by atoms with Crippen molar-refractivity contribution >= 4 is 34.4 Å². The summed E-state index contributed by atoms with van der Waals surface area (Å²) in [4.78, 5) is 5.03. The molecule has 1 aromatic carbocycles. The second-order valence-corrected chi connectivity index (χ2v) is 6.90. The minimum Gasteiger partial charge on any atom is -0.334 e. The quantitative estimate of drug-likeness (QED) is 0.839. The standard InChI is InChI=1S/C13H14F2N2S2/c14-12(15)18-10-4-2-1-3-9(10)17-13-16-7-11(19-13)8-5-6-8/h1-4,8,11-12H,5-7H2,(H,16,17). The fraction of sp³-hybridized carbons (Fsp3) is 0.462. The summed E-state index contributed by atoms with van der Waals surface area (Å²) in [6, 6.07) is 7.14. The molecule has 6 heteroatoms. The molecule has 0 radical (unpaired) electrons. The van der Waals surface area contributed by atoms with E-state index in [1.165, 1.54) is 12.8 Å². The third kappa shape index (κ3) is 3.42. The second-order valence-electron chi connectivity index (χ2n) is 4.64. The number of aliphatic imine (C=N–C) groups is 1. The number of rotatable bonds is 4. The van der Waals surface area contributed by atoms with E-state index in [1.54, 1.807) is 23.9 Å². The van der Waals surface area contributed by atoms with Crippen molar-refractivity contribution in [1.29, 1.82) is 0 Å². The second kappa shape index (κ2) is 5.71. The SMILES string of the molecule is FC(F)Sc1ccccc1NC1=NCC(C2CC2)S1. The Bertz CT molecular complexity index is 489. The molecular formula is C13H14F2N2S2. The Morgan fingerprint density at radius 2 is 2.11 bits per heavy atom. The number of amidine groups is 1. The van der Waals surface area contributed by atoms with Gasteiger partial charge >= 0.3 is 0 Å². The molecule has 1 aliphatic heterocycles. The number of nitrogens with zero attached hydrogens (tertiary/aromatic N) is 1. The number of hydrogen-bond donors (Lipinski definition) is 1. The maximum absolute atomic E-state index is 12.5. The van der Waals surface area contributed by atoms with E-state index in [0.29, 0.717) is 21.9 Å². The fourth-order valence-corrected chi connectivity index (χ4v) is 3.87. The number of anilines is 1. The molecule has 1 aliphatic carbocycles. The fourth-order valence-electron chi connectivity index (χ4n) is 2.06. The van der Waals surface area contributed by atoms with Gasteiger partial charge in [0.25, 0.3) is 5.76 Å². The number of hydrogen-bond acceptors (Lipinski definition) is 4. The van der Waals surface area contributed by atoms with Crippen LogP contribution in [0.4, 0.5) is 14.5 Å². The van der Waals surface area contributed by atoms with E-state index >= 15 is 0 Å². The summed E-state index contributed by atoms with van der Waals surface area (Å²) in [6.07, 6.45) is 2.61. The maximum atomic E-state index is 12.5. The van der Waals surface area contributed by atoms with Gasteiger partial charge in [-0.25, -0.2) is 0 Å². The Kier molecular flexibility index (Phi) is 3.98. The van der Waals surface area contributed by atoms with Crippen LogP contribution in [0.2, 0.25) is 0 Å². The summed E-state index contributed by atoms with van der Waals surface area (Å²) in [7, 11) is 0. The molecule has 0 amide bonds. The van der Waals surface area contributed by atoms with Gasteiger partial charge in [0.15, 0.2) is 5.17 Å². The molecule has 1 N–H and O–H groups in total. The molecule has 2 nitrogen and oxygen atoms in total. The highest BCUT2D eigenvalue weighted by molar-refractivity contribution is 8.15. The van der Waals surface area contributed by atoms with Gasteiger partial charge in [0.2, 0.25) is 0 Å². The normalized spacial score (nSPS) is 22.7. The first-order chi connectivity index (χ1) is 9.22. The van der Waals surface area contributed by atoms with Gasteiger partial charge in [-0.3, -0.25) is 4.99 Å². The lowest BCUT2D eigenvalue weighted by molar-refractivity contribution is 0.252. The molecule has 2 aliphatic rings. The highest BCUT2D eigenvalue weighted by Crippen LogP contribution is 2.42. The monoisotopic (exact) mass is 300 g/mol. The number of benzene rings is 1. The molecule has 1 aromatic rings. The van der Waals surface area contributed by atoms with Crippen molar-refractivity contribution in [3.63, 3.8) is 0 Å².